The molecule has 1 aromatic heterocycles. The summed E-state index contributed by atoms with van der Waals surface area (Å²) in [5.41, 5.74) is -0.207. The van der Waals surface area contributed by atoms with E-state index in [4.69, 9.17) is 5.11 Å². The van der Waals surface area contributed by atoms with Gasteiger partial charge in [-0.25, -0.2) is 9.78 Å². The number of para-hydroxylation sites is 1. The van der Waals surface area contributed by atoms with Crippen molar-refractivity contribution in [1.82, 2.24) is 14.5 Å². The molecule has 0 atom stereocenters. The number of hydrogen-bond donors (Lipinski definition) is 1. The van der Waals surface area contributed by atoms with Gasteiger partial charge >= 0.3 is 12.1 Å². The van der Waals surface area contributed by atoms with Crippen molar-refractivity contribution in [2.24, 2.45) is 0 Å². The predicted molar refractivity (Wildman–Crippen MR) is 70.2 cm³/mol. The largest absolute Gasteiger partial charge is 0.478 e. The number of halogens is 3. The number of carboxylic acid groups (broad SMARTS) is 1. The zero-order valence-corrected chi connectivity index (χ0v) is 11.5. The van der Waals surface area contributed by atoms with E-state index < -0.39 is 18.0 Å². The van der Waals surface area contributed by atoms with Gasteiger partial charge in [-0.3, -0.25) is 0 Å². The van der Waals surface area contributed by atoms with E-state index in [1.54, 1.807) is 19.0 Å². The number of rotatable bonds is 4. The molecule has 0 spiro atoms. The van der Waals surface area contributed by atoms with E-state index in [-0.39, 0.29) is 23.1 Å². The molecule has 1 aromatic carbocycles. The highest BCUT2D eigenvalue weighted by Gasteiger charge is 2.38. The molecule has 0 bridgehead atoms. The van der Waals surface area contributed by atoms with Crippen LogP contribution in [0.25, 0.3) is 11.0 Å². The Morgan fingerprint density at radius 1 is 1.38 bits per heavy atom. The topological polar surface area (TPSA) is 58.4 Å². The fraction of sp³-hybridized carbons (Fsp3) is 0.385. The molecule has 8 heteroatoms. The number of hydrogen-bond acceptors (Lipinski definition) is 3. The predicted octanol–water partition coefficient (Wildman–Crippen LogP) is 2.31. The number of likely N-dealkylation sites (N-methyl/N-ethyl adjacent to an activating group) is 1. The van der Waals surface area contributed by atoms with Crippen LogP contribution in [0.3, 0.4) is 0 Å². The number of benzene rings is 1. The van der Waals surface area contributed by atoms with Crippen LogP contribution in [0, 0.1) is 0 Å². The van der Waals surface area contributed by atoms with Crippen molar-refractivity contribution in [3.8, 4) is 0 Å². The smallest absolute Gasteiger partial charge is 0.449 e. The van der Waals surface area contributed by atoms with Gasteiger partial charge in [0.05, 0.1) is 11.1 Å². The maximum Gasteiger partial charge on any atom is 0.449 e. The number of alkyl halides is 3. The minimum Gasteiger partial charge on any atom is -0.478 e. The Hall–Kier alpha value is -2.09. The summed E-state index contributed by atoms with van der Waals surface area (Å²) in [4.78, 5) is 16.4. The number of aromatic nitrogens is 2. The highest BCUT2D eigenvalue weighted by atomic mass is 19.4. The molecule has 21 heavy (non-hydrogen) atoms. The second kappa shape index (κ2) is 5.36. The van der Waals surface area contributed by atoms with Gasteiger partial charge in [0.2, 0.25) is 5.82 Å². The number of aromatic carboxylic acids is 1. The van der Waals surface area contributed by atoms with Gasteiger partial charge in [-0.15, -0.1) is 0 Å². The van der Waals surface area contributed by atoms with Crippen LogP contribution in [0.2, 0.25) is 0 Å². The zero-order chi connectivity index (χ0) is 15.8. The fourth-order valence-corrected chi connectivity index (χ4v) is 2.06. The molecule has 0 radical (unpaired) electrons. The van der Waals surface area contributed by atoms with Gasteiger partial charge in [0.25, 0.3) is 0 Å². The van der Waals surface area contributed by atoms with E-state index in [1.807, 2.05) is 0 Å². The molecule has 0 fully saturated rings. The number of imidazole rings is 1. The normalized spacial score (nSPS) is 12.3. The van der Waals surface area contributed by atoms with Gasteiger partial charge in [-0.05, 0) is 26.2 Å². The second-order valence-corrected chi connectivity index (χ2v) is 4.87. The molecule has 0 aliphatic carbocycles. The monoisotopic (exact) mass is 301 g/mol. The van der Waals surface area contributed by atoms with Crippen molar-refractivity contribution in [3.63, 3.8) is 0 Å². The van der Waals surface area contributed by atoms with Crippen molar-refractivity contribution >= 4 is 17.0 Å². The fourth-order valence-electron chi connectivity index (χ4n) is 2.06. The molecule has 5 nitrogen and oxygen atoms in total. The molecule has 114 valence electrons. The van der Waals surface area contributed by atoms with E-state index in [0.717, 1.165) is 4.57 Å². The van der Waals surface area contributed by atoms with E-state index in [9.17, 15) is 18.0 Å². The van der Waals surface area contributed by atoms with Crippen molar-refractivity contribution in [2.75, 3.05) is 20.6 Å². The third kappa shape index (κ3) is 2.99. The molecule has 0 aliphatic heterocycles. The van der Waals surface area contributed by atoms with Crippen molar-refractivity contribution in [2.45, 2.75) is 12.7 Å². The Balaban J connectivity index is 2.67. The average Bonchev–Trinajstić information content (AvgIpc) is 2.74. The second-order valence-electron chi connectivity index (χ2n) is 4.87. The van der Waals surface area contributed by atoms with E-state index in [2.05, 4.69) is 4.98 Å². The standard InChI is InChI=1S/C13H14F3N3O2/c1-18(2)6-7-19-9-5-3-4-8(11(20)21)10(9)17-12(19)13(14,15)16/h3-5H,6-7H2,1-2H3,(H,20,21). The first-order valence-electron chi connectivity index (χ1n) is 6.16. The van der Waals surface area contributed by atoms with Crippen LogP contribution in [0.5, 0.6) is 0 Å². The summed E-state index contributed by atoms with van der Waals surface area (Å²) in [7, 11) is 3.49. The molecule has 0 saturated carbocycles. The van der Waals surface area contributed by atoms with Gasteiger partial charge in [-0.2, -0.15) is 13.2 Å². The molecule has 2 rings (SSSR count). The molecule has 1 N–H and O–H groups in total. The Labute approximate surface area is 118 Å². The minimum atomic E-state index is -4.64. The first-order chi connectivity index (χ1) is 9.71. The lowest BCUT2D eigenvalue weighted by molar-refractivity contribution is -0.147. The third-order valence-corrected chi connectivity index (χ3v) is 3.03. The highest BCUT2D eigenvalue weighted by molar-refractivity contribution is 6.01. The summed E-state index contributed by atoms with van der Waals surface area (Å²) in [6.07, 6.45) is -4.64. The SMILES string of the molecule is CN(C)CCn1c(C(F)(F)F)nc2c(C(=O)O)cccc21. The van der Waals surface area contributed by atoms with Gasteiger partial charge in [0, 0.05) is 13.1 Å². The van der Waals surface area contributed by atoms with Crippen LogP contribution < -0.4 is 0 Å². The van der Waals surface area contributed by atoms with E-state index in [0.29, 0.717) is 6.54 Å². The summed E-state index contributed by atoms with van der Waals surface area (Å²) in [6, 6.07) is 4.10. The molecule has 0 amide bonds. The lowest BCUT2D eigenvalue weighted by atomic mass is 10.2. The quantitative estimate of drug-likeness (QED) is 0.941. The van der Waals surface area contributed by atoms with Gasteiger partial charge < -0.3 is 14.6 Å². The van der Waals surface area contributed by atoms with E-state index >= 15 is 0 Å². The van der Waals surface area contributed by atoms with Crippen molar-refractivity contribution < 1.29 is 23.1 Å². The van der Waals surface area contributed by atoms with Gasteiger partial charge in [-0.1, -0.05) is 6.07 Å². The zero-order valence-electron chi connectivity index (χ0n) is 11.5. The van der Waals surface area contributed by atoms with E-state index in [1.165, 1.54) is 18.2 Å². The Morgan fingerprint density at radius 2 is 2.05 bits per heavy atom. The Morgan fingerprint density at radius 3 is 2.57 bits per heavy atom. The number of nitrogens with zero attached hydrogens (tertiary/aromatic N) is 3. The van der Waals surface area contributed by atoms with Crippen LogP contribution in [-0.2, 0) is 12.7 Å². The van der Waals surface area contributed by atoms with Crippen molar-refractivity contribution in [1.29, 1.82) is 0 Å². The Bertz CT molecular complexity index is 677. The first kappa shape index (κ1) is 15.3. The van der Waals surface area contributed by atoms with Crippen LogP contribution in [0.1, 0.15) is 16.2 Å². The maximum atomic E-state index is 13.1. The first-order valence-corrected chi connectivity index (χ1v) is 6.16. The van der Waals surface area contributed by atoms with Crippen molar-refractivity contribution in [3.05, 3.63) is 29.6 Å². The molecule has 0 aliphatic rings. The molecular weight excluding hydrogens is 287 g/mol. The average molecular weight is 301 g/mol. The number of fused-ring (bicyclic) bond motifs is 1. The van der Waals surface area contributed by atoms with Crippen LogP contribution in [-0.4, -0.2) is 46.2 Å². The number of carboxylic acids is 1. The molecule has 0 unspecified atom stereocenters. The molecule has 1 heterocycles. The van der Waals surface area contributed by atoms with Crippen LogP contribution in [0.15, 0.2) is 18.2 Å². The summed E-state index contributed by atoms with van der Waals surface area (Å²) < 4.78 is 40.3. The Kier molecular flexibility index (Phi) is 3.91. The molecule has 2 aromatic rings. The van der Waals surface area contributed by atoms with Gasteiger partial charge in [0.1, 0.15) is 5.52 Å². The highest BCUT2D eigenvalue weighted by Crippen LogP contribution is 2.32. The summed E-state index contributed by atoms with van der Waals surface area (Å²) in [5.74, 6) is -2.38. The summed E-state index contributed by atoms with van der Waals surface area (Å²) in [5, 5.41) is 9.07. The molecule has 0 saturated heterocycles. The maximum absolute atomic E-state index is 13.1. The lowest BCUT2D eigenvalue weighted by Crippen LogP contribution is -2.22. The summed E-state index contributed by atoms with van der Waals surface area (Å²) >= 11 is 0. The van der Waals surface area contributed by atoms with Crippen LogP contribution in [0.4, 0.5) is 13.2 Å². The minimum absolute atomic E-state index is 0.0708. The lowest BCUT2D eigenvalue weighted by Gasteiger charge is -2.14. The summed E-state index contributed by atoms with van der Waals surface area (Å²) in [6.45, 7) is 0.452. The number of carbonyl (C=O) groups is 1. The molecular formula is C13H14F3N3O2. The van der Waals surface area contributed by atoms with Crippen LogP contribution >= 0.6 is 0 Å². The van der Waals surface area contributed by atoms with Gasteiger partial charge in [0.15, 0.2) is 0 Å². The third-order valence-electron chi connectivity index (χ3n) is 3.03.